The molecular weight excluding hydrogens is 268 g/mol. The third-order valence-corrected chi connectivity index (χ3v) is 7.11. The minimum Gasteiger partial charge on any atom is -0.304 e. The third-order valence-electron chi connectivity index (χ3n) is 5.68. The van der Waals surface area contributed by atoms with E-state index in [0.29, 0.717) is 5.92 Å². The van der Waals surface area contributed by atoms with Crippen molar-refractivity contribution in [1.82, 2.24) is 5.32 Å². The Balaban J connectivity index is 1.57. The second kappa shape index (κ2) is 4.49. The molecule has 0 aromatic heterocycles. The maximum Gasteiger partial charge on any atom is 0.239 e. The molecule has 3 nitrogen and oxygen atoms in total. The van der Waals surface area contributed by atoms with Crippen LogP contribution >= 0.6 is 11.8 Å². The lowest BCUT2D eigenvalue weighted by atomic mass is 9.53. The first-order valence-corrected chi connectivity index (χ1v) is 8.98. The van der Waals surface area contributed by atoms with E-state index in [1.165, 1.54) is 38.5 Å². The SMILES string of the molecule is CC(C)C1SC(=NC23CC4CC(CC(C4)C2)C3)NC1=O. The zero-order valence-electron chi connectivity index (χ0n) is 12.4. The van der Waals surface area contributed by atoms with Crippen LogP contribution in [-0.2, 0) is 4.79 Å². The zero-order chi connectivity index (χ0) is 13.9. The van der Waals surface area contributed by atoms with Crippen LogP contribution in [0, 0.1) is 23.7 Å². The van der Waals surface area contributed by atoms with Crippen molar-refractivity contribution >= 4 is 22.8 Å². The van der Waals surface area contributed by atoms with E-state index in [-0.39, 0.29) is 16.7 Å². The van der Waals surface area contributed by atoms with Crippen LogP contribution in [0.3, 0.4) is 0 Å². The number of aliphatic imine (C=N–C) groups is 1. The molecule has 1 heterocycles. The van der Waals surface area contributed by atoms with E-state index in [1.54, 1.807) is 11.8 Å². The summed E-state index contributed by atoms with van der Waals surface area (Å²) in [5, 5.41) is 4.00. The van der Waals surface area contributed by atoms with Crippen molar-refractivity contribution in [3.05, 3.63) is 0 Å². The number of nitrogens with one attached hydrogen (secondary N) is 1. The molecule has 110 valence electrons. The Hall–Kier alpha value is -0.510. The van der Waals surface area contributed by atoms with E-state index in [1.807, 2.05) is 0 Å². The molecule has 0 aromatic carbocycles. The van der Waals surface area contributed by atoms with E-state index in [4.69, 9.17) is 4.99 Å². The molecule has 1 atom stereocenters. The van der Waals surface area contributed by atoms with Gasteiger partial charge >= 0.3 is 0 Å². The lowest BCUT2D eigenvalue weighted by Crippen LogP contribution is -2.50. The molecule has 4 heteroatoms. The first-order valence-electron chi connectivity index (χ1n) is 8.10. The summed E-state index contributed by atoms with van der Waals surface area (Å²) in [5.74, 6) is 3.27. The molecule has 0 spiro atoms. The standard InChI is InChI=1S/C16H24N2OS/c1-9(2)13-14(19)17-15(20-13)18-16-6-10-3-11(7-16)5-12(4-10)8-16/h9-13H,3-8H2,1-2H3,(H,17,18,19). The minimum absolute atomic E-state index is 0.0580. The third kappa shape index (κ3) is 2.11. The number of amidine groups is 1. The Bertz CT molecular complexity index is 436. The van der Waals surface area contributed by atoms with Crippen LogP contribution in [0.25, 0.3) is 0 Å². The molecule has 1 saturated heterocycles. The van der Waals surface area contributed by atoms with Gasteiger partial charge in [-0.1, -0.05) is 25.6 Å². The molecule has 1 N–H and O–H groups in total. The van der Waals surface area contributed by atoms with E-state index >= 15 is 0 Å². The summed E-state index contributed by atoms with van der Waals surface area (Å²) in [5.41, 5.74) is 0.177. The number of amides is 1. The van der Waals surface area contributed by atoms with Crippen molar-refractivity contribution in [1.29, 1.82) is 0 Å². The van der Waals surface area contributed by atoms with Gasteiger partial charge in [-0.05, 0) is 62.2 Å². The molecule has 4 aliphatic carbocycles. The van der Waals surface area contributed by atoms with Crippen molar-refractivity contribution < 1.29 is 4.79 Å². The van der Waals surface area contributed by atoms with Crippen LogP contribution in [0.1, 0.15) is 52.4 Å². The van der Waals surface area contributed by atoms with Crippen molar-refractivity contribution in [2.75, 3.05) is 0 Å². The molecule has 1 aliphatic heterocycles. The molecule has 0 radical (unpaired) electrons. The second-order valence-electron chi connectivity index (χ2n) is 7.83. The summed E-state index contributed by atoms with van der Waals surface area (Å²) in [6.07, 6.45) is 8.14. The Morgan fingerprint density at radius 1 is 1.15 bits per heavy atom. The average molecular weight is 292 g/mol. The number of carbonyl (C=O) groups is 1. The van der Waals surface area contributed by atoms with E-state index < -0.39 is 0 Å². The molecule has 4 bridgehead atoms. The second-order valence-corrected chi connectivity index (χ2v) is 8.96. The predicted octanol–water partition coefficient (Wildman–Crippen LogP) is 3.20. The van der Waals surface area contributed by atoms with E-state index in [9.17, 15) is 4.79 Å². The Labute approximate surface area is 125 Å². The number of nitrogens with zero attached hydrogens (tertiary/aromatic N) is 1. The zero-order valence-corrected chi connectivity index (χ0v) is 13.2. The summed E-state index contributed by atoms with van der Waals surface area (Å²) in [6.45, 7) is 4.23. The first-order chi connectivity index (χ1) is 9.53. The van der Waals surface area contributed by atoms with E-state index in [2.05, 4.69) is 19.2 Å². The molecule has 4 saturated carbocycles. The number of hydrogen-bond acceptors (Lipinski definition) is 3. The van der Waals surface area contributed by atoms with Gasteiger partial charge in [0.1, 0.15) is 0 Å². The van der Waals surface area contributed by atoms with Gasteiger partial charge < -0.3 is 5.32 Å². The van der Waals surface area contributed by atoms with Crippen molar-refractivity contribution in [3.63, 3.8) is 0 Å². The Morgan fingerprint density at radius 3 is 2.15 bits per heavy atom. The van der Waals surface area contributed by atoms with Crippen LogP contribution in [0.2, 0.25) is 0 Å². The largest absolute Gasteiger partial charge is 0.304 e. The van der Waals surface area contributed by atoms with Crippen LogP contribution in [0.4, 0.5) is 0 Å². The van der Waals surface area contributed by atoms with Crippen LogP contribution in [0.5, 0.6) is 0 Å². The summed E-state index contributed by atoms with van der Waals surface area (Å²) >= 11 is 1.67. The molecule has 1 unspecified atom stereocenters. The van der Waals surface area contributed by atoms with Gasteiger partial charge in [0.2, 0.25) is 5.91 Å². The fourth-order valence-electron chi connectivity index (χ4n) is 5.29. The summed E-state index contributed by atoms with van der Waals surface area (Å²) < 4.78 is 0. The van der Waals surface area contributed by atoms with E-state index in [0.717, 1.165) is 22.9 Å². The van der Waals surface area contributed by atoms with Gasteiger partial charge in [0.25, 0.3) is 0 Å². The molecule has 0 aromatic rings. The average Bonchev–Trinajstić information content (AvgIpc) is 2.67. The molecule has 20 heavy (non-hydrogen) atoms. The Morgan fingerprint density at radius 2 is 1.70 bits per heavy atom. The maximum atomic E-state index is 12.0. The van der Waals surface area contributed by atoms with Crippen LogP contribution < -0.4 is 5.32 Å². The van der Waals surface area contributed by atoms with Gasteiger partial charge in [0.05, 0.1) is 10.8 Å². The molecule has 5 aliphatic rings. The molecule has 1 amide bonds. The fraction of sp³-hybridized carbons (Fsp3) is 0.875. The first kappa shape index (κ1) is 13.2. The summed E-state index contributed by atoms with van der Waals surface area (Å²) in [7, 11) is 0. The van der Waals surface area contributed by atoms with Crippen LogP contribution in [0.15, 0.2) is 4.99 Å². The monoisotopic (exact) mass is 292 g/mol. The predicted molar refractivity (Wildman–Crippen MR) is 82.7 cm³/mol. The molecule has 5 fully saturated rings. The highest BCUT2D eigenvalue weighted by Crippen LogP contribution is 2.57. The van der Waals surface area contributed by atoms with Gasteiger partial charge in [-0.15, -0.1) is 0 Å². The number of rotatable bonds is 2. The lowest BCUT2D eigenvalue weighted by Gasteiger charge is -2.55. The minimum atomic E-state index is 0.0580. The quantitative estimate of drug-likeness (QED) is 0.849. The fourth-order valence-corrected chi connectivity index (χ4v) is 6.37. The number of carbonyl (C=O) groups excluding carboxylic acids is 1. The van der Waals surface area contributed by atoms with Gasteiger partial charge in [0.15, 0.2) is 5.17 Å². The highest BCUT2D eigenvalue weighted by molar-refractivity contribution is 8.15. The lowest BCUT2D eigenvalue weighted by molar-refractivity contribution is -0.119. The highest BCUT2D eigenvalue weighted by Gasteiger charge is 2.51. The molecule has 5 rings (SSSR count). The van der Waals surface area contributed by atoms with Crippen molar-refractivity contribution in [2.45, 2.75) is 63.2 Å². The summed E-state index contributed by atoms with van der Waals surface area (Å²) in [6, 6.07) is 0. The normalized spacial score (nSPS) is 48.4. The van der Waals surface area contributed by atoms with Gasteiger partial charge in [0, 0.05) is 0 Å². The van der Waals surface area contributed by atoms with Crippen molar-refractivity contribution in [2.24, 2.45) is 28.7 Å². The number of hydrogen-bond donors (Lipinski definition) is 1. The van der Waals surface area contributed by atoms with Crippen LogP contribution in [-0.4, -0.2) is 21.9 Å². The Kier molecular flexibility index (Phi) is 2.96. The summed E-state index contributed by atoms with van der Waals surface area (Å²) in [4.78, 5) is 17.1. The van der Waals surface area contributed by atoms with Gasteiger partial charge in [-0.3, -0.25) is 9.79 Å². The topological polar surface area (TPSA) is 41.5 Å². The highest BCUT2D eigenvalue weighted by atomic mass is 32.2. The van der Waals surface area contributed by atoms with Crippen molar-refractivity contribution in [3.8, 4) is 0 Å². The van der Waals surface area contributed by atoms with Gasteiger partial charge in [-0.25, -0.2) is 0 Å². The smallest absolute Gasteiger partial charge is 0.239 e. The van der Waals surface area contributed by atoms with Gasteiger partial charge in [-0.2, -0.15) is 0 Å². The number of thioether (sulfide) groups is 1. The maximum absolute atomic E-state index is 12.0. The molecular formula is C16H24N2OS.